The largest absolute Gasteiger partial charge is 0.388 e. The zero-order valence-corrected chi connectivity index (χ0v) is 11.5. The summed E-state index contributed by atoms with van der Waals surface area (Å²) < 4.78 is 0. The lowest BCUT2D eigenvalue weighted by molar-refractivity contribution is -0.385. The number of hydrogen-bond donors (Lipinski definition) is 1. The van der Waals surface area contributed by atoms with E-state index in [1.54, 1.807) is 19.9 Å². The number of rotatable bonds is 3. The quantitative estimate of drug-likeness (QED) is 0.674. The van der Waals surface area contributed by atoms with E-state index in [-0.39, 0.29) is 17.3 Å². The van der Waals surface area contributed by atoms with Gasteiger partial charge < -0.3 is 10.0 Å². The summed E-state index contributed by atoms with van der Waals surface area (Å²) in [5.41, 5.74) is -0.244. The summed E-state index contributed by atoms with van der Waals surface area (Å²) in [5, 5.41) is 30.1. The van der Waals surface area contributed by atoms with Gasteiger partial charge in [0.15, 0.2) is 0 Å². The van der Waals surface area contributed by atoms with Gasteiger partial charge in [-0.1, -0.05) is 0 Å². The number of hydrogen-bond acceptors (Lipinski definition) is 5. The van der Waals surface area contributed by atoms with Gasteiger partial charge in [-0.3, -0.25) is 10.1 Å². The third-order valence-corrected chi connectivity index (χ3v) is 3.70. The van der Waals surface area contributed by atoms with Crippen molar-refractivity contribution in [3.8, 4) is 6.07 Å². The van der Waals surface area contributed by atoms with Crippen molar-refractivity contribution >= 4 is 11.4 Å². The monoisotopic (exact) mass is 275 g/mol. The first-order valence-corrected chi connectivity index (χ1v) is 6.52. The molecule has 106 valence electrons. The number of aliphatic hydroxyl groups is 1. The van der Waals surface area contributed by atoms with Crippen LogP contribution in [0.2, 0.25) is 0 Å². The molecule has 6 heteroatoms. The summed E-state index contributed by atoms with van der Waals surface area (Å²) in [6, 6.07) is 6.34. The minimum atomic E-state index is -0.856. The van der Waals surface area contributed by atoms with E-state index in [0.717, 1.165) is 25.1 Å². The Morgan fingerprint density at radius 3 is 2.80 bits per heavy atom. The topological polar surface area (TPSA) is 90.4 Å². The average molecular weight is 275 g/mol. The van der Waals surface area contributed by atoms with Crippen LogP contribution in [-0.4, -0.2) is 28.2 Å². The summed E-state index contributed by atoms with van der Waals surface area (Å²) >= 11 is 0. The Hall–Kier alpha value is -2.13. The van der Waals surface area contributed by atoms with E-state index in [1.165, 1.54) is 12.1 Å². The van der Waals surface area contributed by atoms with E-state index in [0.29, 0.717) is 0 Å². The van der Waals surface area contributed by atoms with E-state index < -0.39 is 10.5 Å². The third-order valence-electron chi connectivity index (χ3n) is 3.70. The van der Waals surface area contributed by atoms with Gasteiger partial charge in [0.25, 0.3) is 5.69 Å². The van der Waals surface area contributed by atoms with Crippen molar-refractivity contribution in [2.24, 2.45) is 0 Å². The molecule has 1 aliphatic heterocycles. The normalized spacial score (nSPS) is 18.9. The van der Waals surface area contributed by atoms with Crippen LogP contribution in [-0.2, 0) is 0 Å². The molecule has 0 bridgehead atoms. The summed E-state index contributed by atoms with van der Waals surface area (Å²) in [7, 11) is 0. The van der Waals surface area contributed by atoms with Gasteiger partial charge in [-0.2, -0.15) is 5.26 Å². The highest BCUT2D eigenvalue weighted by Crippen LogP contribution is 2.33. The molecule has 1 aliphatic rings. The molecule has 1 fully saturated rings. The smallest absolute Gasteiger partial charge is 0.287 e. The molecule has 1 atom stereocenters. The Bertz CT molecular complexity index is 572. The summed E-state index contributed by atoms with van der Waals surface area (Å²) in [4.78, 5) is 12.3. The van der Waals surface area contributed by atoms with Crippen LogP contribution in [0.25, 0.3) is 0 Å². The number of nitro groups is 1. The number of nitrogens with zero attached hydrogens (tertiary/aromatic N) is 3. The van der Waals surface area contributed by atoms with Crippen molar-refractivity contribution in [1.29, 1.82) is 5.26 Å². The standard InChI is InChI=1S/C14H17N3O3/c1-14(2,18)13-4-3-7-16(13)11-5-6-12(17(19)20)10(8-11)9-15/h5-6,8,13,18H,3-4,7H2,1-2H3/t13-/m0/s1. The van der Waals surface area contributed by atoms with Crippen molar-refractivity contribution in [2.45, 2.75) is 38.3 Å². The minimum absolute atomic E-state index is 0.0458. The Labute approximate surface area is 117 Å². The van der Waals surface area contributed by atoms with Gasteiger partial charge in [-0.25, -0.2) is 0 Å². The Balaban J connectivity index is 2.39. The van der Waals surface area contributed by atoms with E-state index in [1.807, 2.05) is 11.0 Å². The Morgan fingerprint density at radius 2 is 2.25 bits per heavy atom. The molecule has 20 heavy (non-hydrogen) atoms. The van der Waals surface area contributed by atoms with E-state index >= 15 is 0 Å². The number of benzene rings is 1. The van der Waals surface area contributed by atoms with Gasteiger partial charge in [0.1, 0.15) is 11.6 Å². The van der Waals surface area contributed by atoms with Crippen LogP contribution >= 0.6 is 0 Å². The van der Waals surface area contributed by atoms with Gasteiger partial charge in [0.05, 0.1) is 16.6 Å². The lowest BCUT2D eigenvalue weighted by Crippen LogP contribution is -2.45. The molecule has 1 aromatic rings. The molecule has 1 aromatic carbocycles. The lowest BCUT2D eigenvalue weighted by atomic mass is 9.96. The zero-order valence-electron chi connectivity index (χ0n) is 11.5. The van der Waals surface area contributed by atoms with Crippen molar-refractivity contribution in [3.63, 3.8) is 0 Å². The van der Waals surface area contributed by atoms with Crippen LogP contribution < -0.4 is 4.90 Å². The van der Waals surface area contributed by atoms with Gasteiger partial charge in [-0.05, 0) is 38.8 Å². The van der Waals surface area contributed by atoms with Crippen LogP contribution in [0, 0.1) is 21.4 Å². The lowest BCUT2D eigenvalue weighted by Gasteiger charge is -2.35. The van der Waals surface area contributed by atoms with Gasteiger partial charge in [0.2, 0.25) is 0 Å². The Morgan fingerprint density at radius 1 is 1.55 bits per heavy atom. The van der Waals surface area contributed by atoms with Crippen LogP contribution in [0.15, 0.2) is 18.2 Å². The van der Waals surface area contributed by atoms with Crippen LogP contribution in [0.1, 0.15) is 32.3 Å². The maximum absolute atomic E-state index is 10.8. The minimum Gasteiger partial charge on any atom is -0.388 e. The van der Waals surface area contributed by atoms with Crippen molar-refractivity contribution in [1.82, 2.24) is 0 Å². The van der Waals surface area contributed by atoms with Crippen LogP contribution in [0.4, 0.5) is 11.4 Å². The molecule has 0 amide bonds. The maximum Gasteiger partial charge on any atom is 0.287 e. The number of nitriles is 1. The average Bonchev–Trinajstić information content (AvgIpc) is 2.86. The zero-order chi connectivity index (χ0) is 14.9. The first-order chi connectivity index (χ1) is 9.34. The molecule has 2 rings (SSSR count). The molecule has 0 aromatic heterocycles. The van der Waals surface area contributed by atoms with Crippen LogP contribution in [0.5, 0.6) is 0 Å². The molecule has 1 N–H and O–H groups in total. The van der Waals surface area contributed by atoms with E-state index in [4.69, 9.17) is 5.26 Å². The molecule has 1 saturated heterocycles. The molecule has 0 saturated carbocycles. The molecule has 0 spiro atoms. The molecule has 1 heterocycles. The Kier molecular flexibility index (Phi) is 3.64. The highest BCUT2D eigenvalue weighted by Gasteiger charge is 2.36. The van der Waals surface area contributed by atoms with Gasteiger partial charge >= 0.3 is 0 Å². The first-order valence-electron chi connectivity index (χ1n) is 6.52. The molecular formula is C14H17N3O3. The summed E-state index contributed by atoms with van der Waals surface area (Å²) in [5.74, 6) is 0. The molecular weight excluding hydrogens is 258 g/mol. The summed E-state index contributed by atoms with van der Waals surface area (Å²) in [6.45, 7) is 4.29. The fourth-order valence-electron chi connectivity index (χ4n) is 2.76. The molecule has 0 unspecified atom stereocenters. The predicted octanol–water partition coefficient (Wildman–Crippen LogP) is 2.21. The van der Waals surface area contributed by atoms with Crippen LogP contribution in [0.3, 0.4) is 0 Å². The number of anilines is 1. The van der Waals surface area contributed by atoms with E-state index in [2.05, 4.69) is 0 Å². The fourth-order valence-corrected chi connectivity index (χ4v) is 2.76. The van der Waals surface area contributed by atoms with Gasteiger partial charge in [0, 0.05) is 18.3 Å². The molecule has 0 aliphatic carbocycles. The fraction of sp³-hybridized carbons (Fsp3) is 0.500. The van der Waals surface area contributed by atoms with E-state index in [9.17, 15) is 15.2 Å². The highest BCUT2D eigenvalue weighted by atomic mass is 16.6. The summed E-state index contributed by atoms with van der Waals surface area (Å²) in [6.07, 6.45) is 1.82. The second-order valence-electron chi connectivity index (χ2n) is 5.58. The molecule has 0 radical (unpaired) electrons. The predicted molar refractivity (Wildman–Crippen MR) is 74.5 cm³/mol. The van der Waals surface area contributed by atoms with Crippen molar-refractivity contribution in [3.05, 3.63) is 33.9 Å². The highest BCUT2D eigenvalue weighted by molar-refractivity contribution is 5.60. The van der Waals surface area contributed by atoms with Crippen molar-refractivity contribution < 1.29 is 10.0 Å². The maximum atomic E-state index is 10.8. The molecule has 6 nitrogen and oxygen atoms in total. The second-order valence-corrected chi connectivity index (χ2v) is 5.58. The van der Waals surface area contributed by atoms with Crippen molar-refractivity contribution in [2.75, 3.05) is 11.4 Å². The number of nitro benzene ring substituents is 1. The third kappa shape index (κ3) is 2.58. The first kappa shape index (κ1) is 14.3. The second kappa shape index (κ2) is 5.10. The van der Waals surface area contributed by atoms with Gasteiger partial charge in [-0.15, -0.1) is 0 Å². The SMILES string of the molecule is CC(C)(O)[C@@H]1CCCN1c1ccc([N+](=O)[O-])c(C#N)c1.